The van der Waals surface area contributed by atoms with Crippen molar-refractivity contribution < 1.29 is 4.74 Å². The summed E-state index contributed by atoms with van der Waals surface area (Å²) in [5.41, 5.74) is 6.61. The van der Waals surface area contributed by atoms with Crippen molar-refractivity contribution in [3.63, 3.8) is 0 Å². The van der Waals surface area contributed by atoms with Gasteiger partial charge in [0.05, 0.1) is 9.26 Å². The molecule has 1 aromatic rings. The molecule has 0 unspecified atom stereocenters. The molecule has 1 aromatic heterocycles. The number of aromatic nitrogens is 2. The summed E-state index contributed by atoms with van der Waals surface area (Å²) in [6, 6.07) is 0. The molecular weight excluding hydrogens is 353 g/mol. The van der Waals surface area contributed by atoms with Crippen LogP contribution in [0.3, 0.4) is 0 Å². The van der Waals surface area contributed by atoms with Crippen molar-refractivity contribution in [2.45, 2.75) is 52.1 Å². The van der Waals surface area contributed by atoms with Gasteiger partial charge < -0.3 is 10.5 Å². The van der Waals surface area contributed by atoms with Gasteiger partial charge in [-0.05, 0) is 68.0 Å². The van der Waals surface area contributed by atoms with Crippen LogP contribution >= 0.6 is 22.6 Å². The monoisotopic (exact) mass is 375 g/mol. The van der Waals surface area contributed by atoms with Crippen LogP contribution < -0.4 is 5.73 Å². The minimum Gasteiger partial charge on any atom is -0.383 e. The highest BCUT2D eigenvalue weighted by atomic mass is 127. The van der Waals surface area contributed by atoms with Gasteiger partial charge in [-0.3, -0.25) is 0 Å². The fourth-order valence-electron chi connectivity index (χ4n) is 2.72. The van der Waals surface area contributed by atoms with Crippen LogP contribution in [0.15, 0.2) is 0 Å². The molecule has 1 saturated carbocycles. The molecule has 0 bridgehead atoms. The van der Waals surface area contributed by atoms with Crippen molar-refractivity contribution in [3.8, 4) is 0 Å². The number of nitrogens with two attached hydrogens (primary N) is 1. The second-order valence-electron chi connectivity index (χ2n) is 5.44. The first-order chi connectivity index (χ1) is 8.98. The number of nitrogen functional groups attached to an aromatic ring is 1. The Balaban J connectivity index is 2.39. The van der Waals surface area contributed by atoms with Gasteiger partial charge in [0.2, 0.25) is 0 Å². The van der Waals surface area contributed by atoms with E-state index in [9.17, 15) is 0 Å². The molecule has 19 heavy (non-hydrogen) atoms. The van der Waals surface area contributed by atoms with E-state index in [4.69, 9.17) is 10.5 Å². The van der Waals surface area contributed by atoms with Crippen molar-refractivity contribution in [1.82, 2.24) is 9.97 Å². The van der Waals surface area contributed by atoms with Crippen LogP contribution in [0.25, 0.3) is 0 Å². The summed E-state index contributed by atoms with van der Waals surface area (Å²) in [7, 11) is 0. The lowest BCUT2D eigenvalue weighted by atomic mass is 9.79. The smallest absolute Gasteiger partial charge is 0.162 e. The Morgan fingerprint density at radius 2 is 2.00 bits per heavy atom. The SMILES string of the molecule is CCOC1(c2nc(C)c(I)c(N)n2)CCC(C)CC1. The zero-order chi connectivity index (χ0) is 14.0. The lowest BCUT2D eigenvalue weighted by molar-refractivity contribution is -0.0837. The van der Waals surface area contributed by atoms with Crippen LogP contribution in [0.2, 0.25) is 0 Å². The third-order valence-electron chi connectivity index (χ3n) is 3.95. The Hall–Kier alpha value is -0.430. The van der Waals surface area contributed by atoms with Crippen molar-refractivity contribution >= 4 is 28.4 Å². The summed E-state index contributed by atoms with van der Waals surface area (Å²) in [6.45, 7) is 6.99. The van der Waals surface area contributed by atoms with Crippen LogP contribution in [0, 0.1) is 16.4 Å². The summed E-state index contributed by atoms with van der Waals surface area (Å²) in [6.07, 6.45) is 4.30. The molecule has 1 heterocycles. The van der Waals surface area contributed by atoms with Gasteiger partial charge in [0.25, 0.3) is 0 Å². The van der Waals surface area contributed by atoms with Crippen LogP contribution in [0.4, 0.5) is 5.82 Å². The Morgan fingerprint density at radius 1 is 1.37 bits per heavy atom. The van der Waals surface area contributed by atoms with Crippen molar-refractivity contribution in [3.05, 3.63) is 15.1 Å². The van der Waals surface area contributed by atoms with Gasteiger partial charge in [0.1, 0.15) is 11.4 Å². The van der Waals surface area contributed by atoms with Crippen LogP contribution in [-0.4, -0.2) is 16.6 Å². The summed E-state index contributed by atoms with van der Waals surface area (Å²) in [5.74, 6) is 2.10. The maximum Gasteiger partial charge on any atom is 0.162 e. The standard InChI is InChI=1S/C14H22IN3O/c1-4-19-14(7-5-9(2)6-8-14)13-17-10(3)11(15)12(16)18-13/h9H,4-8H2,1-3H3,(H2,16,17,18). The number of aryl methyl sites for hydroxylation is 1. The third-order valence-corrected chi connectivity index (χ3v) is 5.29. The average Bonchev–Trinajstić information content (AvgIpc) is 2.38. The first-order valence-corrected chi connectivity index (χ1v) is 8.00. The first kappa shape index (κ1) is 15.0. The topological polar surface area (TPSA) is 61.0 Å². The normalized spacial score (nSPS) is 27.5. The van der Waals surface area contributed by atoms with Gasteiger partial charge in [0, 0.05) is 6.61 Å². The number of hydrogen-bond donors (Lipinski definition) is 1. The molecule has 0 aromatic carbocycles. The second-order valence-corrected chi connectivity index (χ2v) is 6.52. The highest BCUT2D eigenvalue weighted by Crippen LogP contribution is 2.41. The molecule has 4 nitrogen and oxygen atoms in total. The third kappa shape index (κ3) is 3.02. The molecule has 2 rings (SSSR count). The molecule has 5 heteroatoms. The van der Waals surface area contributed by atoms with Gasteiger partial charge in [-0.15, -0.1) is 0 Å². The van der Waals surface area contributed by atoms with E-state index in [0.29, 0.717) is 12.4 Å². The molecule has 0 spiro atoms. The number of ether oxygens (including phenoxy) is 1. The summed E-state index contributed by atoms with van der Waals surface area (Å²) in [5, 5.41) is 0. The number of anilines is 1. The summed E-state index contributed by atoms with van der Waals surface area (Å²) < 4.78 is 7.01. The molecule has 1 aliphatic carbocycles. The summed E-state index contributed by atoms with van der Waals surface area (Å²) in [4.78, 5) is 9.16. The molecule has 0 aliphatic heterocycles. The minimum atomic E-state index is -0.329. The lowest BCUT2D eigenvalue weighted by Gasteiger charge is -2.38. The van der Waals surface area contributed by atoms with E-state index >= 15 is 0 Å². The van der Waals surface area contributed by atoms with E-state index in [0.717, 1.165) is 46.7 Å². The van der Waals surface area contributed by atoms with E-state index in [1.165, 1.54) is 0 Å². The Morgan fingerprint density at radius 3 is 2.53 bits per heavy atom. The van der Waals surface area contributed by atoms with Crippen molar-refractivity contribution in [2.24, 2.45) is 5.92 Å². The maximum absolute atomic E-state index is 6.07. The van der Waals surface area contributed by atoms with E-state index in [1.807, 2.05) is 13.8 Å². The molecule has 1 fully saturated rings. The largest absolute Gasteiger partial charge is 0.383 e. The van der Waals surface area contributed by atoms with E-state index in [1.54, 1.807) is 0 Å². The van der Waals surface area contributed by atoms with Gasteiger partial charge in [-0.25, -0.2) is 9.97 Å². The van der Waals surface area contributed by atoms with Crippen LogP contribution in [0.5, 0.6) is 0 Å². The number of halogens is 1. The predicted octanol–water partition coefficient (Wildman–Crippen LogP) is 3.41. The van der Waals surface area contributed by atoms with Gasteiger partial charge in [-0.1, -0.05) is 6.92 Å². The molecule has 0 saturated heterocycles. The Kier molecular flexibility index (Phi) is 4.66. The number of hydrogen-bond acceptors (Lipinski definition) is 4. The zero-order valence-corrected chi connectivity index (χ0v) is 14.0. The molecule has 1 aliphatic rings. The molecule has 0 atom stereocenters. The fourth-order valence-corrected chi connectivity index (χ4v) is 2.96. The molecule has 106 valence electrons. The van der Waals surface area contributed by atoms with E-state index < -0.39 is 0 Å². The summed E-state index contributed by atoms with van der Waals surface area (Å²) >= 11 is 2.19. The zero-order valence-electron chi connectivity index (χ0n) is 11.9. The van der Waals surface area contributed by atoms with Gasteiger partial charge in [0.15, 0.2) is 5.82 Å². The Labute approximate surface area is 128 Å². The second kappa shape index (κ2) is 5.91. The van der Waals surface area contributed by atoms with Gasteiger partial charge in [-0.2, -0.15) is 0 Å². The van der Waals surface area contributed by atoms with E-state index in [-0.39, 0.29) is 5.60 Å². The molecular formula is C14H22IN3O. The Bertz CT molecular complexity index is 433. The number of rotatable bonds is 3. The average molecular weight is 375 g/mol. The fraction of sp³-hybridized carbons (Fsp3) is 0.714. The van der Waals surface area contributed by atoms with Crippen LogP contribution in [-0.2, 0) is 10.3 Å². The van der Waals surface area contributed by atoms with Crippen molar-refractivity contribution in [2.75, 3.05) is 12.3 Å². The van der Waals surface area contributed by atoms with Crippen molar-refractivity contribution in [1.29, 1.82) is 0 Å². The minimum absolute atomic E-state index is 0.329. The highest BCUT2D eigenvalue weighted by molar-refractivity contribution is 14.1. The van der Waals surface area contributed by atoms with Gasteiger partial charge >= 0.3 is 0 Å². The van der Waals surface area contributed by atoms with E-state index in [2.05, 4.69) is 39.5 Å². The molecule has 0 radical (unpaired) electrons. The van der Waals surface area contributed by atoms with Crippen LogP contribution in [0.1, 0.15) is 51.0 Å². The first-order valence-electron chi connectivity index (χ1n) is 6.92. The molecule has 2 N–H and O–H groups in total. The number of nitrogens with zero attached hydrogens (tertiary/aromatic N) is 2. The lowest BCUT2D eigenvalue weighted by Crippen LogP contribution is -2.36. The maximum atomic E-state index is 6.07. The quantitative estimate of drug-likeness (QED) is 0.823. The highest BCUT2D eigenvalue weighted by Gasteiger charge is 2.39. The molecule has 0 amide bonds. The predicted molar refractivity (Wildman–Crippen MR) is 84.8 cm³/mol.